The van der Waals surface area contributed by atoms with E-state index in [2.05, 4.69) is 20.9 Å². The predicted molar refractivity (Wildman–Crippen MR) is 136 cm³/mol. The van der Waals surface area contributed by atoms with Crippen LogP contribution >= 0.6 is 21.6 Å². The molecule has 1 heterocycles. The van der Waals surface area contributed by atoms with Gasteiger partial charge in [0.1, 0.15) is 0 Å². The van der Waals surface area contributed by atoms with Gasteiger partial charge in [0.25, 0.3) is 5.91 Å². The lowest BCUT2D eigenvalue weighted by atomic mass is 9.90. The summed E-state index contributed by atoms with van der Waals surface area (Å²) in [6, 6.07) is 3.38. The first kappa shape index (κ1) is 27.5. The van der Waals surface area contributed by atoms with Crippen molar-refractivity contribution in [2.45, 2.75) is 57.9 Å². The molecule has 0 saturated heterocycles. The SMILES string of the molecule is NCc1ccc(C(=O)NCCC(=O)NCCSSCCNC(=O)C2CCCCCCC2)cn1. The average Bonchev–Trinajstić information content (AvgIpc) is 2.80. The highest BCUT2D eigenvalue weighted by Gasteiger charge is 2.18. The molecular formula is C23H37N5O3S2. The normalized spacial score (nSPS) is 14.7. The number of aromatic nitrogens is 1. The minimum absolute atomic E-state index is 0.0935. The van der Waals surface area contributed by atoms with Gasteiger partial charge >= 0.3 is 0 Å². The van der Waals surface area contributed by atoms with E-state index in [1.165, 1.54) is 38.3 Å². The summed E-state index contributed by atoms with van der Waals surface area (Å²) < 4.78 is 0. The van der Waals surface area contributed by atoms with E-state index in [-0.39, 0.29) is 36.6 Å². The second kappa shape index (κ2) is 16.8. The number of carbonyl (C=O) groups excluding carboxylic acids is 3. The largest absolute Gasteiger partial charge is 0.355 e. The van der Waals surface area contributed by atoms with Gasteiger partial charge in [-0.1, -0.05) is 53.7 Å². The van der Waals surface area contributed by atoms with Crippen molar-refractivity contribution in [3.63, 3.8) is 0 Å². The number of carbonyl (C=O) groups is 3. The van der Waals surface area contributed by atoms with Gasteiger partial charge in [-0.15, -0.1) is 0 Å². The Morgan fingerprint density at radius 1 is 0.909 bits per heavy atom. The second-order valence-corrected chi connectivity index (χ2v) is 10.8. The molecule has 1 saturated carbocycles. The Labute approximate surface area is 204 Å². The van der Waals surface area contributed by atoms with Gasteiger partial charge in [-0.25, -0.2) is 0 Å². The minimum atomic E-state index is -0.257. The zero-order valence-corrected chi connectivity index (χ0v) is 20.9. The topological polar surface area (TPSA) is 126 Å². The van der Waals surface area contributed by atoms with Crippen LogP contribution in [0.1, 0.15) is 67.4 Å². The van der Waals surface area contributed by atoms with Crippen LogP contribution in [0.15, 0.2) is 18.3 Å². The zero-order chi connectivity index (χ0) is 23.7. The summed E-state index contributed by atoms with van der Waals surface area (Å²) >= 11 is 0. The van der Waals surface area contributed by atoms with Crippen LogP contribution in [-0.2, 0) is 16.1 Å². The van der Waals surface area contributed by atoms with Crippen molar-refractivity contribution >= 4 is 39.3 Å². The van der Waals surface area contributed by atoms with E-state index in [0.717, 1.165) is 30.0 Å². The molecule has 0 bridgehead atoms. The minimum Gasteiger partial charge on any atom is -0.355 e. The van der Waals surface area contributed by atoms with E-state index in [4.69, 9.17) is 5.73 Å². The Kier molecular flexibility index (Phi) is 14.0. The van der Waals surface area contributed by atoms with Crippen molar-refractivity contribution in [2.75, 3.05) is 31.1 Å². The first-order valence-corrected chi connectivity index (χ1v) is 14.3. The molecule has 1 aromatic rings. The fourth-order valence-electron chi connectivity index (χ4n) is 3.59. The van der Waals surface area contributed by atoms with Crippen LogP contribution in [0.25, 0.3) is 0 Å². The number of hydrogen-bond donors (Lipinski definition) is 4. The summed E-state index contributed by atoms with van der Waals surface area (Å²) in [4.78, 5) is 40.3. The molecule has 1 aromatic heterocycles. The van der Waals surface area contributed by atoms with Crippen molar-refractivity contribution < 1.29 is 14.4 Å². The summed E-state index contributed by atoms with van der Waals surface area (Å²) in [5.41, 5.74) is 6.65. The lowest BCUT2D eigenvalue weighted by Gasteiger charge is -2.19. The quantitative estimate of drug-likeness (QED) is 0.245. The van der Waals surface area contributed by atoms with Crippen LogP contribution < -0.4 is 21.7 Å². The Hall–Kier alpha value is -1.78. The van der Waals surface area contributed by atoms with E-state index >= 15 is 0 Å². The third-order valence-corrected chi connectivity index (χ3v) is 7.89. The van der Waals surface area contributed by atoms with Crippen LogP contribution in [0.4, 0.5) is 0 Å². The number of nitrogens with zero attached hydrogens (tertiary/aromatic N) is 1. The zero-order valence-electron chi connectivity index (χ0n) is 19.3. The molecule has 8 nitrogen and oxygen atoms in total. The predicted octanol–water partition coefficient (Wildman–Crippen LogP) is 2.63. The second-order valence-electron chi connectivity index (χ2n) is 8.08. The molecule has 1 fully saturated rings. The van der Waals surface area contributed by atoms with E-state index < -0.39 is 0 Å². The highest BCUT2D eigenvalue weighted by molar-refractivity contribution is 8.76. The van der Waals surface area contributed by atoms with Crippen molar-refractivity contribution in [2.24, 2.45) is 11.7 Å². The average molecular weight is 496 g/mol. The number of rotatable bonds is 13. The smallest absolute Gasteiger partial charge is 0.252 e. The monoisotopic (exact) mass is 495 g/mol. The van der Waals surface area contributed by atoms with Crippen molar-refractivity contribution in [1.29, 1.82) is 0 Å². The van der Waals surface area contributed by atoms with Gasteiger partial charge in [-0.2, -0.15) is 0 Å². The summed E-state index contributed by atoms with van der Waals surface area (Å²) in [5, 5.41) is 8.64. The Morgan fingerprint density at radius 3 is 2.21 bits per heavy atom. The van der Waals surface area contributed by atoms with E-state index in [1.807, 2.05) is 0 Å². The molecule has 0 spiro atoms. The third kappa shape index (κ3) is 11.8. The van der Waals surface area contributed by atoms with Crippen LogP contribution in [0.3, 0.4) is 0 Å². The molecule has 33 heavy (non-hydrogen) atoms. The molecule has 0 unspecified atom stereocenters. The lowest BCUT2D eigenvalue weighted by molar-refractivity contribution is -0.125. The van der Waals surface area contributed by atoms with Crippen LogP contribution in [0.5, 0.6) is 0 Å². The molecule has 1 aliphatic rings. The van der Waals surface area contributed by atoms with E-state index in [0.29, 0.717) is 25.2 Å². The fourth-order valence-corrected chi connectivity index (χ4v) is 5.40. The van der Waals surface area contributed by atoms with Crippen LogP contribution in [0, 0.1) is 5.92 Å². The van der Waals surface area contributed by atoms with Gasteiger partial charge in [-0.3, -0.25) is 19.4 Å². The Balaban J connectivity index is 1.43. The Morgan fingerprint density at radius 2 is 1.58 bits per heavy atom. The first-order chi connectivity index (χ1) is 16.1. The molecule has 184 valence electrons. The molecule has 10 heteroatoms. The molecule has 0 radical (unpaired) electrons. The van der Waals surface area contributed by atoms with Gasteiger partial charge in [0.2, 0.25) is 11.8 Å². The number of hydrogen-bond acceptors (Lipinski definition) is 7. The molecule has 0 aromatic carbocycles. The molecule has 1 aliphatic carbocycles. The van der Waals surface area contributed by atoms with Crippen molar-refractivity contribution in [3.05, 3.63) is 29.6 Å². The fraction of sp³-hybridized carbons (Fsp3) is 0.652. The summed E-state index contributed by atoms with van der Waals surface area (Å²) in [7, 11) is 3.39. The summed E-state index contributed by atoms with van der Waals surface area (Å²) in [6.45, 7) is 1.86. The molecule has 3 amide bonds. The number of amides is 3. The lowest BCUT2D eigenvalue weighted by Crippen LogP contribution is -2.32. The first-order valence-electron chi connectivity index (χ1n) is 11.8. The van der Waals surface area contributed by atoms with Gasteiger partial charge in [-0.05, 0) is 25.0 Å². The highest BCUT2D eigenvalue weighted by Crippen LogP contribution is 2.23. The van der Waals surface area contributed by atoms with Crippen LogP contribution in [0.2, 0.25) is 0 Å². The van der Waals surface area contributed by atoms with E-state index in [9.17, 15) is 14.4 Å². The maximum atomic E-state index is 12.3. The van der Waals surface area contributed by atoms with E-state index in [1.54, 1.807) is 33.7 Å². The van der Waals surface area contributed by atoms with Gasteiger partial charge in [0.05, 0.1) is 11.3 Å². The molecule has 0 aliphatic heterocycles. The van der Waals surface area contributed by atoms with Crippen molar-refractivity contribution in [3.8, 4) is 0 Å². The summed E-state index contributed by atoms with van der Waals surface area (Å²) in [6.07, 6.45) is 9.91. The third-order valence-electron chi connectivity index (χ3n) is 5.49. The number of pyridine rings is 1. The maximum Gasteiger partial charge on any atom is 0.252 e. The summed E-state index contributed by atoms with van der Waals surface area (Å²) in [5.74, 6) is 1.70. The molecule has 2 rings (SSSR count). The standard InChI is InChI=1S/C23H37N5O3S2/c24-16-20-9-8-19(17-28-20)23(31)26-11-10-21(29)25-12-14-32-33-15-13-27-22(30)18-6-4-2-1-3-5-7-18/h8-9,17-18H,1-7,10-16,24H2,(H,25,29)(H,26,31)(H,27,30). The highest BCUT2D eigenvalue weighted by atomic mass is 33.1. The molecular weight excluding hydrogens is 458 g/mol. The molecule has 0 atom stereocenters. The van der Waals surface area contributed by atoms with Gasteiger partial charge < -0.3 is 21.7 Å². The number of nitrogens with one attached hydrogen (secondary N) is 3. The van der Waals surface area contributed by atoms with Crippen molar-refractivity contribution in [1.82, 2.24) is 20.9 Å². The Bertz CT molecular complexity index is 725. The van der Waals surface area contributed by atoms with Crippen LogP contribution in [-0.4, -0.2) is 53.8 Å². The maximum absolute atomic E-state index is 12.3. The number of nitrogens with two attached hydrogens (primary N) is 1. The van der Waals surface area contributed by atoms with Gasteiger partial charge in [0, 0.05) is 56.2 Å². The molecule has 5 N–H and O–H groups in total. The van der Waals surface area contributed by atoms with Gasteiger partial charge in [0.15, 0.2) is 0 Å².